The van der Waals surface area contributed by atoms with Crippen molar-refractivity contribution in [2.75, 3.05) is 12.8 Å². The molecule has 0 saturated carbocycles. The molecule has 6 heteroatoms. The van der Waals surface area contributed by atoms with Crippen LogP contribution in [-0.2, 0) is 11.3 Å². The first kappa shape index (κ1) is 13.8. The van der Waals surface area contributed by atoms with Gasteiger partial charge < -0.3 is 13.7 Å². The van der Waals surface area contributed by atoms with Crippen LogP contribution in [-0.4, -0.2) is 28.6 Å². The van der Waals surface area contributed by atoms with Gasteiger partial charge in [0.15, 0.2) is 5.58 Å². The van der Waals surface area contributed by atoms with Crippen LogP contribution < -0.4 is 0 Å². The fraction of sp³-hybridized carbons (Fsp3) is 0.200. The van der Waals surface area contributed by atoms with Crippen molar-refractivity contribution in [2.24, 2.45) is 0 Å². The molecule has 2 aromatic heterocycles. The molecule has 0 radical (unpaired) electrons. The largest absolute Gasteiger partial charge is 0.467 e. The Hall–Kier alpha value is -2.21. The van der Waals surface area contributed by atoms with Crippen molar-refractivity contribution >= 4 is 28.8 Å². The Morgan fingerprint density at radius 2 is 2.14 bits per heavy atom. The van der Waals surface area contributed by atoms with E-state index in [9.17, 15) is 4.79 Å². The van der Waals surface area contributed by atoms with Crippen LogP contribution in [0.5, 0.6) is 0 Å². The van der Waals surface area contributed by atoms with Gasteiger partial charge in [-0.25, -0.2) is 4.98 Å². The molecular weight excluding hydrogens is 288 g/mol. The van der Waals surface area contributed by atoms with Crippen molar-refractivity contribution < 1.29 is 13.6 Å². The Morgan fingerprint density at radius 3 is 2.90 bits per heavy atom. The van der Waals surface area contributed by atoms with E-state index in [0.717, 1.165) is 16.9 Å². The summed E-state index contributed by atoms with van der Waals surface area (Å²) >= 11 is 1.30. The molecule has 108 valence electrons. The number of amides is 1. The monoisotopic (exact) mass is 302 g/mol. The SMILES string of the molecule is CN(Cc1ccco1)C(=O)CSc1nc2ccccc2o1. The topological polar surface area (TPSA) is 59.5 Å². The summed E-state index contributed by atoms with van der Waals surface area (Å²) in [6, 6.07) is 11.2. The standard InChI is InChI=1S/C15H14N2O3S/c1-17(9-11-5-4-8-19-11)14(18)10-21-15-16-12-6-2-3-7-13(12)20-15/h2-8H,9-10H2,1H3. The fourth-order valence-electron chi connectivity index (χ4n) is 1.87. The summed E-state index contributed by atoms with van der Waals surface area (Å²) in [5, 5.41) is 0.510. The van der Waals surface area contributed by atoms with Gasteiger partial charge in [-0.05, 0) is 24.3 Å². The van der Waals surface area contributed by atoms with Gasteiger partial charge >= 0.3 is 0 Å². The van der Waals surface area contributed by atoms with E-state index in [1.165, 1.54) is 11.8 Å². The lowest BCUT2D eigenvalue weighted by molar-refractivity contribution is -0.127. The Labute approximate surface area is 125 Å². The normalized spacial score (nSPS) is 10.9. The third-order valence-electron chi connectivity index (χ3n) is 2.99. The van der Waals surface area contributed by atoms with Crippen LogP contribution in [0.1, 0.15) is 5.76 Å². The molecule has 0 saturated heterocycles. The summed E-state index contributed by atoms with van der Waals surface area (Å²) < 4.78 is 10.8. The molecular formula is C15H14N2O3S. The lowest BCUT2D eigenvalue weighted by Gasteiger charge is -2.14. The number of rotatable bonds is 5. The van der Waals surface area contributed by atoms with Gasteiger partial charge in [0.05, 0.1) is 18.6 Å². The number of furan rings is 1. The van der Waals surface area contributed by atoms with Crippen molar-refractivity contribution in [1.82, 2.24) is 9.88 Å². The average molecular weight is 302 g/mol. The summed E-state index contributed by atoms with van der Waals surface area (Å²) in [6.45, 7) is 0.458. The van der Waals surface area contributed by atoms with E-state index in [2.05, 4.69) is 4.98 Å². The Bertz CT molecular complexity index is 703. The molecule has 3 aromatic rings. The van der Waals surface area contributed by atoms with E-state index in [-0.39, 0.29) is 11.7 Å². The van der Waals surface area contributed by atoms with E-state index in [0.29, 0.717) is 11.8 Å². The Morgan fingerprint density at radius 1 is 1.29 bits per heavy atom. The number of aromatic nitrogens is 1. The second kappa shape index (κ2) is 6.05. The maximum atomic E-state index is 12.1. The summed E-state index contributed by atoms with van der Waals surface area (Å²) in [5.41, 5.74) is 1.53. The molecule has 0 fully saturated rings. The molecule has 0 bridgehead atoms. The van der Waals surface area contributed by atoms with Gasteiger partial charge in [0.2, 0.25) is 5.91 Å². The lowest BCUT2D eigenvalue weighted by atomic mass is 10.3. The van der Waals surface area contributed by atoms with Crippen LogP contribution >= 0.6 is 11.8 Å². The Balaban J connectivity index is 1.57. The quantitative estimate of drug-likeness (QED) is 0.677. The van der Waals surface area contributed by atoms with Crippen molar-refractivity contribution in [3.63, 3.8) is 0 Å². The molecule has 0 aliphatic carbocycles. The van der Waals surface area contributed by atoms with Gasteiger partial charge in [0.1, 0.15) is 11.3 Å². The smallest absolute Gasteiger partial charge is 0.257 e. The number of benzene rings is 1. The highest BCUT2D eigenvalue weighted by molar-refractivity contribution is 7.99. The number of carbonyl (C=O) groups is 1. The van der Waals surface area contributed by atoms with Crippen LogP contribution in [0.3, 0.4) is 0 Å². The van der Waals surface area contributed by atoms with Crippen LogP contribution in [0.15, 0.2) is 56.7 Å². The number of hydrogen-bond acceptors (Lipinski definition) is 5. The summed E-state index contributed by atoms with van der Waals surface area (Å²) in [4.78, 5) is 18.0. The number of thioether (sulfide) groups is 1. The van der Waals surface area contributed by atoms with E-state index < -0.39 is 0 Å². The molecule has 2 heterocycles. The molecule has 0 aliphatic rings. The van der Waals surface area contributed by atoms with Gasteiger partial charge in [0, 0.05) is 7.05 Å². The minimum absolute atomic E-state index is 0.00124. The molecule has 1 amide bonds. The van der Waals surface area contributed by atoms with Crippen LogP contribution in [0.25, 0.3) is 11.1 Å². The summed E-state index contributed by atoms with van der Waals surface area (Å²) in [6.07, 6.45) is 1.60. The van der Waals surface area contributed by atoms with E-state index in [4.69, 9.17) is 8.83 Å². The van der Waals surface area contributed by atoms with Gasteiger partial charge in [-0.3, -0.25) is 4.79 Å². The molecule has 5 nitrogen and oxygen atoms in total. The maximum absolute atomic E-state index is 12.1. The molecule has 0 atom stereocenters. The van der Waals surface area contributed by atoms with Crippen molar-refractivity contribution in [3.05, 3.63) is 48.4 Å². The number of para-hydroxylation sites is 2. The molecule has 0 N–H and O–H groups in total. The second-order valence-corrected chi connectivity index (χ2v) is 5.49. The first-order valence-corrected chi connectivity index (χ1v) is 7.45. The Kier molecular flexibility index (Phi) is 3.96. The van der Waals surface area contributed by atoms with Crippen molar-refractivity contribution in [2.45, 2.75) is 11.8 Å². The number of carbonyl (C=O) groups excluding carboxylic acids is 1. The van der Waals surface area contributed by atoms with Gasteiger partial charge in [-0.1, -0.05) is 23.9 Å². The number of nitrogens with zero attached hydrogens (tertiary/aromatic N) is 2. The van der Waals surface area contributed by atoms with Crippen LogP contribution in [0, 0.1) is 0 Å². The minimum atomic E-state index is -0.00124. The third kappa shape index (κ3) is 3.28. The number of hydrogen-bond donors (Lipinski definition) is 0. The number of fused-ring (bicyclic) bond motifs is 1. The van der Waals surface area contributed by atoms with E-state index >= 15 is 0 Å². The first-order valence-electron chi connectivity index (χ1n) is 6.47. The average Bonchev–Trinajstić information content (AvgIpc) is 3.13. The predicted octanol–water partition coefficient (Wildman–Crippen LogP) is 3.17. The van der Waals surface area contributed by atoms with E-state index in [1.54, 1.807) is 24.3 Å². The zero-order valence-electron chi connectivity index (χ0n) is 11.5. The zero-order chi connectivity index (χ0) is 14.7. The molecule has 1 aromatic carbocycles. The summed E-state index contributed by atoms with van der Waals surface area (Å²) in [5.74, 6) is 1.04. The predicted molar refractivity (Wildman–Crippen MR) is 79.9 cm³/mol. The molecule has 0 spiro atoms. The lowest BCUT2D eigenvalue weighted by Crippen LogP contribution is -2.27. The molecule has 3 rings (SSSR count). The highest BCUT2D eigenvalue weighted by Crippen LogP contribution is 2.23. The molecule has 21 heavy (non-hydrogen) atoms. The van der Waals surface area contributed by atoms with Gasteiger partial charge in [0.25, 0.3) is 5.22 Å². The third-order valence-corrected chi connectivity index (χ3v) is 3.81. The van der Waals surface area contributed by atoms with Gasteiger partial charge in [-0.15, -0.1) is 0 Å². The van der Waals surface area contributed by atoms with Crippen molar-refractivity contribution in [3.8, 4) is 0 Å². The van der Waals surface area contributed by atoms with Crippen molar-refractivity contribution in [1.29, 1.82) is 0 Å². The summed E-state index contributed by atoms with van der Waals surface area (Å²) in [7, 11) is 1.75. The number of oxazole rings is 1. The highest BCUT2D eigenvalue weighted by Gasteiger charge is 2.13. The highest BCUT2D eigenvalue weighted by atomic mass is 32.2. The molecule has 0 unspecified atom stereocenters. The van der Waals surface area contributed by atoms with Crippen LogP contribution in [0.2, 0.25) is 0 Å². The first-order chi connectivity index (χ1) is 10.2. The maximum Gasteiger partial charge on any atom is 0.257 e. The van der Waals surface area contributed by atoms with Gasteiger partial charge in [-0.2, -0.15) is 0 Å². The van der Waals surface area contributed by atoms with Crippen LogP contribution in [0.4, 0.5) is 0 Å². The minimum Gasteiger partial charge on any atom is -0.467 e. The molecule has 0 aliphatic heterocycles. The fourth-order valence-corrected chi connectivity index (χ4v) is 2.65. The second-order valence-electron chi connectivity index (χ2n) is 4.57. The zero-order valence-corrected chi connectivity index (χ0v) is 12.3. The van der Waals surface area contributed by atoms with E-state index in [1.807, 2.05) is 30.3 Å².